The molecule has 8 nitrogen and oxygen atoms in total. The number of pyridine rings is 1. The summed E-state index contributed by atoms with van der Waals surface area (Å²) in [4.78, 5) is 35.6. The van der Waals surface area contributed by atoms with Crippen LogP contribution in [0.2, 0.25) is 0 Å². The zero-order chi connectivity index (χ0) is 23.2. The van der Waals surface area contributed by atoms with Crippen molar-refractivity contribution < 1.29 is 19.4 Å². The van der Waals surface area contributed by atoms with Gasteiger partial charge < -0.3 is 19.3 Å². The van der Waals surface area contributed by atoms with Gasteiger partial charge >= 0.3 is 0 Å². The normalized spacial score (nSPS) is 17.5. The number of carbonyl (C=O) groups excluding carboxylic acids is 2. The van der Waals surface area contributed by atoms with Crippen LogP contribution >= 0.6 is 0 Å². The molecule has 1 atom stereocenters. The summed E-state index contributed by atoms with van der Waals surface area (Å²) in [6, 6.07) is 9.70. The summed E-state index contributed by atoms with van der Waals surface area (Å²) in [5, 5.41) is 11.1. The summed E-state index contributed by atoms with van der Waals surface area (Å²) in [5.74, 6) is -0.830. The SMILES string of the molecule is CCCOc1ccc(C(O)=C2C(=O)C(=O)N(CCCn3ccnc3)C2c2ccncc2)cc1. The van der Waals surface area contributed by atoms with Gasteiger partial charge in [0.25, 0.3) is 11.7 Å². The number of imidazole rings is 1. The number of aromatic nitrogens is 3. The fourth-order valence-corrected chi connectivity index (χ4v) is 3.93. The Balaban J connectivity index is 1.66. The Labute approximate surface area is 192 Å². The number of benzene rings is 1. The summed E-state index contributed by atoms with van der Waals surface area (Å²) in [7, 11) is 0. The molecule has 0 aliphatic carbocycles. The van der Waals surface area contributed by atoms with E-state index >= 15 is 0 Å². The lowest BCUT2D eigenvalue weighted by molar-refractivity contribution is -0.139. The number of Topliss-reactive ketones (excluding diaryl/α,β-unsaturated/α-hetero) is 1. The number of aliphatic hydroxyl groups excluding tert-OH is 1. The molecule has 170 valence electrons. The Morgan fingerprint density at radius 1 is 1.03 bits per heavy atom. The molecule has 4 rings (SSSR count). The second kappa shape index (κ2) is 10.1. The largest absolute Gasteiger partial charge is 0.507 e. The van der Waals surface area contributed by atoms with Crippen molar-refractivity contribution in [3.05, 3.63) is 84.2 Å². The van der Waals surface area contributed by atoms with Crippen LogP contribution < -0.4 is 4.74 Å². The van der Waals surface area contributed by atoms with Crippen molar-refractivity contribution in [2.75, 3.05) is 13.2 Å². The number of rotatable bonds is 9. The number of aryl methyl sites for hydroxylation is 1. The lowest BCUT2D eigenvalue weighted by atomic mass is 9.96. The molecule has 1 amide bonds. The number of hydrogen-bond acceptors (Lipinski definition) is 6. The van der Waals surface area contributed by atoms with Gasteiger partial charge in [-0.2, -0.15) is 0 Å². The smallest absolute Gasteiger partial charge is 0.295 e. The van der Waals surface area contributed by atoms with Crippen molar-refractivity contribution in [3.8, 4) is 5.75 Å². The van der Waals surface area contributed by atoms with E-state index in [9.17, 15) is 14.7 Å². The first-order valence-electron chi connectivity index (χ1n) is 11.0. The molecule has 0 saturated carbocycles. The molecule has 1 aliphatic rings. The number of hydrogen-bond donors (Lipinski definition) is 1. The zero-order valence-electron chi connectivity index (χ0n) is 18.4. The second-order valence-electron chi connectivity index (χ2n) is 7.80. The van der Waals surface area contributed by atoms with Crippen molar-refractivity contribution in [1.29, 1.82) is 0 Å². The first-order chi connectivity index (χ1) is 16.1. The average molecular weight is 447 g/mol. The number of amides is 1. The Morgan fingerprint density at radius 2 is 1.79 bits per heavy atom. The van der Waals surface area contributed by atoms with Crippen molar-refractivity contribution >= 4 is 17.4 Å². The topological polar surface area (TPSA) is 97.6 Å². The summed E-state index contributed by atoms with van der Waals surface area (Å²) in [5.41, 5.74) is 1.25. The number of nitrogens with zero attached hydrogens (tertiary/aromatic N) is 4. The van der Waals surface area contributed by atoms with Crippen LogP contribution in [-0.4, -0.2) is 49.4 Å². The Bertz CT molecular complexity index is 1120. The second-order valence-corrected chi connectivity index (χ2v) is 7.80. The average Bonchev–Trinajstić information content (AvgIpc) is 3.45. The molecule has 8 heteroatoms. The van der Waals surface area contributed by atoms with E-state index in [1.807, 2.05) is 17.7 Å². The maximum absolute atomic E-state index is 13.0. The van der Waals surface area contributed by atoms with Gasteiger partial charge in [-0.3, -0.25) is 14.6 Å². The molecule has 1 fully saturated rings. The van der Waals surface area contributed by atoms with Gasteiger partial charge in [-0.1, -0.05) is 6.92 Å². The third-order valence-electron chi connectivity index (χ3n) is 5.54. The van der Waals surface area contributed by atoms with Crippen LogP contribution in [0.25, 0.3) is 5.76 Å². The van der Waals surface area contributed by atoms with Crippen LogP contribution in [0.3, 0.4) is 0 Å². The van der Waals surface area contributed by atoms with E-state index in [-0.39, 0.29) is 11.3 Å². The lowest BCUT2D eigenvalue weighted by Gasteiger charge is -2.25. The molecule has 0 bridgehead atoms. The van der Waals surface area contributed by atoms with Gasteiger partial charge in [-0.15, -0.1) is 0 Å². The molecule has 1 N–H and O–H groups in total. The number of aliphatic hydroxyl groups is 1. The van der Waals surface area contributed by atoms with Crippen LogP contribution in [-0.2, 0) is 16.1 Å². The minimum atomic E-state index is -0.691. The molecule has 0 spiro atoms. The molecule has 1 aliphatic heterocycles. The Kier molecular flexibility index (Phi) is 6.83. The molecule has 0 radical (unpaired) electrons. The third-order valence-corrected chi connectivity index (χ3v) is 5.54. The Morgan fingerprint density at radius 3 is 2.45 bits per heavy atom. The van der Waals surface area contributed by atoms with Gasteiger partial charge in [-0.25, -0.2) is 4.98 Å². The summed E-state index contributed by atoms with van der Waals surface area (Å²) in [6.45, 7) is 3.63. The van der Waals surface area contributed by atoms with Gasteiger partial charge in [-0.05, 0) is 54.8 Å². The highest BCUT2D eigenvalue weighted by atomic mass is 16.5. The lowest BCUT2D eigenvalue weighted by Crippen LogP contribution is -2.31. The third kappa shape index (κ3) is 4.79. The fourth-order valence-electron chi connectivity index (χ4n) is 3.93. The Hall–Kier alpha value is -3.94. The summed E-state index contributed by atoms with van der Waals surface area (Å²) >= 11 is 0. The van der Waals surface area contributed by atoms with E-state index in [4.69, 9.17) is 4.74 Å². The van der Waals surface area contributed by atoms with Gasteiger partial charge in [0.2, 0.25) is 0 Å². The van der Waals surface area contributed by atoms with E-state index in [2.05, 4.69) is 9.97 Å². The van der Waals surface area contributed by atoms with Crippen LogP contribution in [0.5, 0.6) is 5.75 Å². The van der Waals surface area contributed by atoms with Gasteiger partial charge in [0.1, 0.15) is 11.5 Å². The van der Waals surface area contributed by atoms with Crippen LogP contribution in [0, 0.1) is 0 Å². The first-order valence-corrected chi connectivity index (χ1v) is 11.0. The van der Waals surface area contributed by atoms with Crippen LogP contribution in [0.4, 0.5) is 0 Å². The predicted octanol–water partition coefficient (Wildman–Crippen LogP) is 3.58. The highest BCUT2D eigenvalue weighted by Gasteiger charge is 2.45. The van der Waals surface area contributed by atoms with Crippen molar-refractivity contribution in [2.45, 2.75) is 32.4 Å². The quantitative estimate of drug-likeness (QED) is 0.307. The standard InChI is InChI=1S/C25H26N4O4/c1-2-16-33-20-6-4-19(5-7-20)23(30)21-22(18-8-10-26-11-9-18)29(25(32)24(21)31)14-3-13-28-15-12-27-17-28/h4-12,15,17,22,30H,2-3,13-14,16H2,1H3. The predicted molar refractivity (Wildman–Crippen MR) is 122 cm³/mol. The number of carbonyl (C=O) groups is 2. The van der Waals surface area contributed by atoms with E-state index in [0.29, 0.717) is 37.4 Å². The molecule has 1 saturated heterocycles. The summed E-state index contributed by atoms with van der Waals surface area (Å²) in [6.07, 6.45) is 10.0. The zero-order valence-corrected chi connectivity index (χ0v) is 18.4. The summed E-state index contributed by atoms with van der Waals surface area (Å²) < 4.78 is 7.51. The highest BCUT2D eigenvalue weighted by Crippen LogP contribution is 2.39. The monoisotopic (exact) mass is 446 g/mol. The molecule has 2 aromatic heterocycles. The fraction of sp³-hybridized carbons (Fsp3) is 0.280. The number of likely N-dealkylation sites (tertiary alicyclic amines) is 1. The van der Waals surface area contributed by atoms with Crippen LogP contribution in [0.15, 0.2) is 73.1 Å². The van der Waals surface area contributed by atoms with Gasteiger partial charge in [0, 0.05) is 43.4 Å². The molecular weight excluding hydrogens is 420 g/mol. The molecule has 1 unspecified atom stereocenters. The molecule has 3 aromatic rings. The van der Waals surface area contributed by atoms with Crippen molar-refractivity contribution in [2.24, 2.45) is 0 Å². The number of ketones is 1. The maximum Gasteiger partial charge on any atom is 0.295 e. The van der Waals surface area contributed by atoms with Crippen molar-refractivity contribution in [1.82, 2.24) is 19.4 Å². The van der Waals surface area contributed by atoms with E-state index < -0.39 is 17.7 Å². The number of ether oxygens (including phenoxy) is 1. The van der Waals surface area contributed by atoms with Crippen molar-refractivity contribution in [3.63, 3.8) is 0 Å². The maximum atomic E-state index is 13.0. The molecule has 33 heavy (non-hydrogen) atoms. The van der Waals surface area contributed by atoms with E-state index in [1.165, 1.54) is 4.90 Å². The van der Waals surface area contributed by atoms with Gasteiger partial charge in [0.05, 0.1) is 24.5 Å². The first kappa shape index (κ1) is 22.3. The molecular formula is C25H26N4O4. The highest BCUT2D eigenvalue weighted by molar-refractivity contribution is 6.46. The van der Waals surface area contributed by atoms with E-state index in [1.54, 1.807) is 61.3 Å². The van der Waals surface area contributed by atoms with Gasteiger partial charge in [0.15, 0.2) is 0 Å². The minimum absolute atomic E-state index is 0.0797. The van der Waals surface area contributed by atoms with Crippen LogP contribution in [0.1, 0.15) is 36.9 Å². The minimum Gasteiger partial charge on any atom is -0.507 e. The molecule has 3 heterocycles. The molecule has 1 aromatic carbocycles. The van der Waals surface area contributed by atoms with E-state index in [0.717, 1.165) is 12.0 Å².